The highest BCUT2D eigenvalue weighted by Crippen LogP contribution is 2.75. The van der Waals surface area contributed by atoms with Crippen LogP contribution < -0.4 is 0 Å². The lowest BCUT2D eigenvalue weighted by Gasteiger charge is -2.49. The van der Waals surface area contributed by atoms with Crippen LogP contribution in [0, 0.1) is 10.8 Å². The van der Waals surface area contributed by atoms with E-state index in [-0.39, 0.29) is 0 Å². The van der Waals surface area contributed by atoms with Crippen LogP contribution in [0.1, 0.15) is 13.8 Å². The van der Waals surface area contributed by atoms with Crippen LogP contribution in [0.15, 0.2) is 132 Å². The number of hydrogen-bond donors (Lipinski definition) is 0. The maximum Gasteiger partial charge on any atom is 0.0322 e. The number of hydrogen-bond acceptors (Lipinski definition) is 0. The lowest BCUT2D eigenvalue weighted by molar-refractivity contribution is 0.270. The molecule has 0 spiro atoms. The molecule has 0 unspecified atom stereocenters. The Morgan fingerprint density at radius 3 is 1.04 bits per heavy atom. The van der Waals surface area contributed by atoms with Crippen LogP contribution in [0.3, 0.4) is 0 Å². The Labute approximate surface area is 156 Å². The van der Waals surface area contributed by atoms with Gasteiger partial charge in [-0.3, -0.25) is 0 Å². The van der Waals surface area contributed by atoms with E-state index in [1.807, 2.05) is 0 Å². The Hall–Kier alpha value is -2.86. The minimum atomic E-state index is -0.428. The largest absolute Gasteiger partial charge is 0.0943 e. The van der Waals surface area contributed by atoms with Gasteiger partial charge in [0.15, 0.2) is 0 Å². The van der Waals surface area contributed by atoms with Crippen molar-refractivity contribution in [2.75, 3.05) is 0 Å². The molecule has 4 aliphatic carbocycles. The number of allylic oxidation sites excluding steroid dienone is 13. The molecule has 4 aliphatic rings. The van der Waals surface area contributed by atoms with Gasteiger partial charge in [0.05, 0.1) is 0 Å². The second kappa shape index (κ2) is 4.27. The first-order valence-corrected chi connectivity index (χ1v) is 8.68. The van der Waals surface area contributed by atoms with Gasteiger partial charge in [-0.05, 0) is 72.5 Å². The minimum Gasteiger partial charge on any atom is -0.0943 e. The summed E-state index contributed by atoms with van der Waals surface area (Å²) in [5.74, 6) is 0. The molecule has 0 amide bonds. The fourth-order valence-corrected chi connectivity index (χ4v) is 5.42. The molecule has 0 radical (unpaired) electrons. The summed E-state index contributed by atoms with van der Waals surface area (Å²) < 4.78 is 0. The quantitative estimate of drug-likeness (QED) is 0.464. The van der Waals surface area contributed by atoms with Crippen molar-refractivity contribution in [2.24, 2.45) is 10.8 Å². The summed E-state index contributed by atoms with van der Waals surface area (Å²) in [5, 5.41) is 0. The van der Waals surface area contributed by atoms with Gasteiger partial charge < -0.3 is 0 Å². The first-order chi connectivity index (χ1) is 11.9. The summed E-state index contributed by atoms with van der Waals surface area (Å²) in [4.78, 5) is 0. The zero-order valence-corrected chi connectivity index (χ0v) is 15.9. The number of fused-ring (bicyclic) bond motifs is 4. The maximum atomic E-state index is 4.42. The third-order valence-corrected chi connectivity index (χ3v) is 7.35. The molecule has 0 aromatic heterocycles. The van der Waals surface area contributed by atoms with E-state index >= 15 is 0 Å². The van der Waals surface area contributed by atoms with Crippen LogP contribution in [0.25, 0.3) is 0 Å². The van der Waals surface area contributed by atoms with E-state index in [1.165, 1.54) is 0 Å². The predicted molar refractivity (Wildman–Crippen MR) is 113 cm³/mol. The minimum absolute atomic E-state index is 0.428. The molecular weight excluding hydrogens is 312 g/mol. The summed E-state index contributed by atoms with van der Waals surface area (Å²) in [5.41, 5.74) is 11.8. The van der Waals surface area contributed by atoms with Crippen LogP contribution in [0.2, 0.25) is 0 Å². The summed E-state index contributed by atoms with van der Waals surface area (Å²) in [6.07, 6.45) is 0. The second-order valence-electron chi connectivity index (χ2n) is 8.06. The van der Waals surface area contributed by atoms with E-state index in [1.54, 1.807) is 0 Å². The van der Waals surface area contributed by atoms with E-state index in [0.29, 0.717) is 0 Å². The highest BCUT2D eigenvalue weighted by atomic mass is 14.7. The molecule has 0 aliphatic heterocycles. The first-order valence-electron chi connectivity index (χ1n) is 8.68. The molecular formula is C26H24. The summed E-state index contributed by atoms with van der Waals surface area (Å²) in [6.45, 7) is 43.4. The molecule has 0 heterocycles. The van der Waals surface area contributed by atoms with Gasteiger partial charge >= 0.3 is 0 Å². The molecule has 0 aromatic rings. The van der Waals surface area contributed by atoms with Gasteiger partial charge in [0.25, 0.3) is 0 Å². The molecule has 3 saturated carbocycles. The van der Waals surface area contributed by atoms with Gasteiger partial charge in [-0.1, -0.05) is 73.1 Å². The number of rotatable bonds is 0. The smallest absolute Gasteiger partial charge is 0.0322 e. The van der Waals surface area contributed by atoms with Crippen LogP contribution >= 0.6 is 0 Å². The van der Waals surface area contributed by atoms with Gasteiger partial charge in [-0.15, -0.1) is 0 Å². The topological polar surface area (TPSA) is 0 Å². The molecule has 128 valence electrons. The Morgan fingerprint density at radius 2 is 0.731 bits per heavy atom. The summed E-state index contributed by atoms with van der Waals surface area (Å²) >= 11 is 0. The van der Waals surface area contributed by atoms with Crippen molar-refractivity contribution in [3.63, 3.8) is 0 Å². The van der Waals surface area contributed by atoms with Crippen LogP contribution in [-0.2, 0) is 0 Å². The lowest BCUT2D eigenvalue weighted by Crippen LogP contribution is -2.41. The third-order valence-electron chi connectivity index (χ3n) is 7.35. The van der Waals surface area contributed by atoms with E-state index in [0.717, 1.165) is 72.5 Å². The van der Waals surface area contributed by atoms with Crippen molar-refractivity contribution < 1.29 is 0 Å². The third kappa shape index (κ3) is 1.27. The fourth-order valence-electron chi connectivity index (χ4n) is 5.42. The van der Waals surface area contributed by atoms with Gasteiger partial charge in [0, 0.05) is 10.8 Å². The van der Waals surface area contributed by atoms with E-state index < -0.39 is 10.8 Å². The molecule has 0 aromatic carbocycles. The normalized spacial score (nSPS) is 33.7. The Balaban J connectivity index is 2.31. The Kier molecular flexibility index (Phi) is 2.73. The van der Waals surface area contributed by atoms with E-state index in [4.69, 9.17) is 0 Å². The molecule has 26 heavy (non-hydrogen) atoms. The van der Waals surface area contributed by atoms with Crippen LogP contribution in [-0.4, -0.2) is 0 Å². The Morgan fingerprint density at radius 1 is 0.423 bits per heavy atom. The molecule has 0 nitrogen and oxygen atoms in total. The summed E-state index contributed by atoms with van der Waals surface area (Å²) in [7, 11) is 0. The zero-order chi connectivity index (χ0) is 19.5. The molecule has 0 saturated heterocycles. The van der Waals surface area contributed by atoms with Crippen LogP contribution in [0.4, 0.5) is 0 Å². The SMILES string of the molecule is C=C1C(=C)C2=C3C(=C)C(=C)C(=C)[C@]3(C)[C@]3(C)C(=C)C(=C)C(=C)C3=C2C1=C. The lowest BCUT2D eigenvalue weighted by atomic mass is 9.52. The average molecular weight is 336 g/mol. The van der Waals surface area contributed by atoms with Gasteiger partial charge in [-0.25, -0.2) is 0 Å². The van der Waals surface area contributed by atoms with Crippen LogP contribution in [0.5, 0.6) is 0 Å². The maximum absolute atomic E-state index is 4.42. The van der Waals surface area contributed by atoms with E-state index in [2.05, 4.69) is 73.1 Å². The average Bonchev–Trinajstić information content (AvgIpc) is 3.00. The van der Waals surface area contributed by atoms with Gasteiger partial charge in [0.1, 0.15) is 0 Å². The molecule has 0 bridgehead atoms. The molecule has 4 rings (SSSR count). The van der Waals surface area contributed by atoms with Crippen molar-refractivity contribution in [2.45, 2.75) is 13.8 Å². The van der Waals surface area contributed by atoms with Crippen molar-refractivity contribution in [1.29, 1.82) is 0 Å². The fraction of sp³-hybridized carbons (Fsp3) is 0.154. The van der Waals surface area contributed by atoms with Gasteiger partial charge in [0.2, 0.25) is 0 Å². The van der Waals surface area contributed by atoms with E-state index in [9.17, 15) is 0 Å². The highest BCUT2D eigenvalue weighted by Gasteiger charge is 2.64. The monoisotopic (exact) mass is 336 g/mol. The molecule has 0 heteroatoms. The molecule has 0 N–H and O–H groups in total. The van der Waals surface area contributed by atoms with Gasteiger partial charge in [-0.2, -0.15) is 0 Å². The molecule has 3 fully saturated rings. The standard InChI is InChI=1S/C26H24/c1-12-15(4)21-22(16(12)5)24-18(7)14(3)20(9)26(24,11)25(10)19(8)13(2)17(6)23(21)25/h1-9H2,10-11H3/t25-,26+. The van der Waals surface area contributed by atoms with Crippen molar-refractivity contribution >= 4 is 0 Å². The Bertz CT molecular complexity index is 999. The van der Waals surface area contributed by atoms with Crippen molar-refractivity contribution in [3.8, 4) is 0 Å². The summed E-state index contributed by atoms with van der Waals surface area (Å²) in [6, 6.07) is 0. The second-order valence-corrected chi connectivity index (χ2v) is 8.06. The molecule has 2 atom stereocenters. The highest BCUT2D eigenvalue weighted by molar-refractivity contribution is 5.91. The first kappa shape index (κ1) is 16.6. The van der Waals surface area contributed by atoms with Crippen molar-refractivity contribution in [3.05, 3.63) is 132 Å². The van der Waals surface area contributed by atoms with Crippen molar-refractivity contribution in [1.82, 2.24) is 0 Å². The predicted octanol–water partition coefficient (Wildman–Crippen LogP) is 6.65. The zero-order valence-electron chi connectivity index (χ0n) is 15.9.